The molecule has 0 saturated carbocycles. The van der Waals surface area contributed by atoms with Crippen molar-refractivity contribution < 1.29 is 29.3 Å². The molecule has 0 saturated heterocycles. The summed E-state index contributed by atoms with van der Waals surface area (Å²) in [6.07, 6.45) is 2.93. The molecule has 0 aliphatic rings. The Labute approximate surface area is 190 Å². The Bertz CT molecular complexity index is 1230. The molecule has 0 spiro atoms. The summed E-state index contributed by atoms with van der Waals surface area (Å²) >= 11 is 0. The largest absolute Gasteiger partial charge is 0.507 e. The number of carboxylic acids is 1. The van der Waals surface area contributed by atoms with Gasteiger partial charge in [-0.3, -0.25) is 9.59 Å². The Hall–Kier alpha value is -4.01. The molecule has 1 amide bonds. The predicted octanol–water partition coefficient (Wildman–Crippen LogP) is 3.44. The summed E-state index contributed by atoms with van der Waals surface area (Å²) in [7, 11) is 1.51. The molecule has 2 aromatic carbocycles. The molecule has 9 nitrogen and oxygen atoms in total. The van der Waals surface area contributed by atoms with Gasteiger partial charge in [-0.2, -0.15) is 0 Å². The minimum atomic E-state index is -1.25. The molecular formula is C24H26N2O7. The Morgan fingerprint density at radius 1 is 1.09 bits per heavy atom. The number of phenols is 1. The van der Waals surface area contributed by atoms with Crippen LogP contribution in [0.2, 0.25) is 0 Å². The van der Waals surface area contributed by atoms with Gasteiger partial charge in [-0.05, 0) is 42.3 Å². The monoisotopic (exact) mass is 454 g/mol. The third-order valence-electron chi connectivity index (χ3n) is 5.14. The van der Waals surface area contributed by atoms with Crippen LogP contribution in [0.15, 0.2) is 41.2 Å². The topological polar surface area (TPSA) is 138 Å². The molecule has 0 atom stereocenters. The Morgan fingerprint density at radius 3 is 2.55 bits per heavy atom. The number of carbonyl (C=O) groups excluding carboxylic acids is 1. The first-order valence-electron chi connectivity index (χ1n) is 10.6. The van der Waals surface area contributed by atoms with E-state index in [0.29, 0.717) is 34.6 Å². The first-order chi connectivity index (χ1) is 15.8. The van der Waals surface area contributed by atoms with Crippen LogP contribution in [0.1, 0.15) is 52.5 Å². The van der Waals surface area contributed by atoms with Crippen molar-refractivity contribution >= 4 is 22.8 Å². The minimum Gasteiger partial charge on any atom is -0.507 e. The average molecular weight is 454 g/mol. The number of benzene rings is 2. The number of aromatic hydroxyl groups is 1. The van der Waals surface area contributed by atoms with Crippen molar-refractivity contribution in [1.82, 2.24) is 10.3 Å². The van der Waals surface area contributed by atoms with Crippen molar-refractivity contribution in [3.63, 3.8) is 0 Å². The van der Waals surface area contributed by atoms with E-state index in [0.717, 1.165) is 19.3 Å². The lowest BCUT2D eigenvalue weighted by Crippen LogP contribution is -2.29. The van der Waals surface area contributed by atoms with Gasteiger partial charge in [0.2, 0.25) is 0 Å². The van der Waals surface area contributed by atoms with Crippen molar-refractivity contribution in [1.29, 1.82) is 0 Å². The summed E-state index contributed by atoms with van der Waals surface area (Å²) in [5, 5.41) is 22.0. The van der Waals surface area contributed by atoms with E-state index in [9.17, 15) is 19.5 Å². The van der Waals surface area contributed by atoms with Gasteiger partial charge in [-0.25, -0.2) is 4.79 Å². The quantitative estimate of drug-likeness (QED) is 0.344. The first-order valence-corrected chi connectivity index (χ1v) is 10.6. The number of nitrogens with one attached hydrogen (secondary N) is 2. The van der Waals surface area contributed by atoms with Gasteiger partial charge in [-0.1, -0.05) is 25.8 Å². The summed E-state index contributed by atoms with van der Waals surface area (Å²) in [5.74, 6) is -1.36. The van der Waals surface area contributed by atoms with Crippen LogP contribution in [0.5, 0.6) is 17.2 Å². The number of aromatic amines is 1. The highest BCUT2D eigenvalue weighted by molar-refractivity contribution is 5.98. The van der Waals surface area contributed by atoms with Crippen LogP contribution >= 0.6 is 0 Å². The summed E-state index contributed by atoms with van der Waals surface area (Å²) < 4.78 is 11.2. The molecule has 0 radical (unpaired) electrons. The SMILES string of the molecule is CCCCCOc1c(OC)ccc2cc(C(=O)NCc3ccc(C(=O)O)c(O)c3)c(=O)[nH]c12. The predicted molar refractivity (Wildman–Crippen MR) is 122 cm³/mol. The number of carboxylic acid groups (broad SMARTS) is 1. The molecule has 1 heterocycles. The van der Waals surface area contributed by atoms with E-state index < -0.39 is 23.2 Å². The highest BCUT2D eigenvalue weighted by atomic mass is 16.5. The number of fused-ring (bicyclic) bond motifs is 1. The van der Waals surface area contributed by atoms with E-state index in [2.05, 4.69) is 17.2 Å². The Kier molecular flexibility index (Phi) is 7.55. The zero-order chi connectivity index (χ0) is 24.0. The number of carbonyl (C=O) groups is 2. The van der Waals surface area contributed by atoms with Crippen LogP contribution in [0.25, 0.3) is 10.9 Å². The zero-order valence-corrected chi connectivity index (χ0v) is 18.4. The molecule has 0 bridgehead atoms. The number of pyridine rings is 1. The van der Waals surface area contributed by atoms with Crippen molar-refractivity contribution in [2.75, 3.05) is 13.7 Å². The maximum Gasteiger partial charge on any atom is 0.339 e. The first kappa shape index (κ1) is 23.6. The fourth-order valence-corrected chi connectivity index (χ4v) is 3.37. The smallest absolute Gasteiger partial charge is 0.339 e. The van der Waals surface area contributed by atoms with Crippen LogP contribution in [0.3, 0.4) is 0 Å². The van der Waals surface area contributed by atoms with E-state index in [1.165, 1.54) is 31.4 Å². The van der Waals surface area contributed by atoms with E-state index >= 15 is 0 Å². The number of rotatable bonds is 10. The van der Waals surface area contributed by atoms with Crippen molar-refractivity contribution in [3.8, 4) is 17.2 Å². The fraction of sp³-hybridized carbons (Fsp3) is 0.292. The van der Waals surface area contributed by atoms with Crippen molar-refractivity contribution in [2.45, 2.75) is 32.7 Å². The van der Waals surface area contributed by atoms with E-state index in [-0.39, 0.29) is 17.7 Å². The molecule has 0 fully saturated rings. The number of H-pyrrole nitrogens is 1. The molecule has 0 aliphatic carbocycles. The number of hydrogen-bond acceptors (Lipinski definition) is 6. The molecule has 0 unspecified atom stereocenters. The lowest BCUT2D eigenvalue weighted by molar-refractivity contribution is 0.0693. The third-order valence-corrected chi connectivity index (χ3v) is 5.14. The maximum absolute atomic E-state index is 12.7. The second-order valence-corrected chi connectivity index (χ2v) is 7.47. The number of aromatic carboxylic acids is 1. The van der Waals surface area contributed by atoms with Gasteiger partial charge in [-0.15, -0.1) is 0 Å². The molecule has 33 heavy (non-hydrogen) atoms. The molecule has 3 rings (SSSR count). The highest BCUT2D eigenvalue weighted by Crippen LogP contribution is 2.34. The number of unbranched alkanes of at least 4 members (excludes halogenated alkanes) is 2. The lowest BCUT2D eigenvalue weighted by atomic mass is 10.1. The number of methoxy groups -OCH3 is 1. The fourth-order valence-electron chi connectivity index (χ4n) is 3.37. The van der Waals surface area contributed by atoms with Gasteiger partial charge in [0.25, 0.3) is 11.5 Å². The van der Waals surface area contributed by atoms with E-state index in [4.69, 9.17) is 14.6 Å². The maximum atomic E-state index is 12.7. The third kappa shape index (κ3) is 5.43. The van der Waals surface area contributed by atoms with Crippen LogP contribution in [0, 0.1) is 0 Å². The number of hydrogen-bond donors (Lipinski definition) is 4. The highest BCUT2D eigenvalue weighted by Gasteiger charge is 2.17. The van der Waals surface area contributed by atoms with Gasteiger partial charge in [0, 0.05) is 11.9 Å². The standard InChI is InChI=1S/C24H26N2O7/c1-3-4-5-10-33-21-19(32-2)9-7-15-12-17(23(29)26-20(15)21)22(28)25-13-14-6-8-16(24(30)31)18(27)11-14/h6-9,11-12,27H,3-5,10,13H2,1-2H3,(H,25,28)(H,26,29)(H,30,31). The molecule has 9 heteroatoms. The van der Waals surface area contributed by atoms with Crippen LogP contribution in [-0.2, 0) is 6.54 Å². The summed E-state index contributed by atoms with van der Waals surface area (Å²) in [6, 6.07) is 8.89. The molecule has 3 aromatic rings. The van der Waals surface area contributed by atoms with Gasteiger partial charge in [0.05, 0.1) is 19.2 Å². The molecule has 0 aliphatic heterocycles. The summed E-state index contributed by atoms with van der Waals surface area (Å²) in [4.78, 5) is 39.0. The van der Waals surface area contributed by atoms with E-state index in [1.807, 2.05) is 0 Å². The van der Waals surface area contributed by atoms with Crippen LogP contribution < -0.4 is 20.3 Å². The number of amides is 1. The molecular weight excluding hydrogens is 428 g/mol. The number of aromatic nitrogens is 1. The second kappa shape index (κ2) is 10.5. The van der Waals surface area contributed by atoms with Crippen molar-refractivity contribution in [2.24, 2.45) is 0 Å². The minimum absolute atomic E-state index is 0.00181. The van der Waals surface area contributed by atoms with Crippen molar-refractivity contribution in [3.05, 3.63) is 63.4 Å². The lowest BCUT2D eigenvalue weighted by Gasteiger charge is -2.14. The second-order valence-electron chi connectivity index (χ2n) is 7.47. The van der Waals surface area contributed by atoms with Gasteiger partial charge < -0.3 is 30.0 Å². The van der Waals surface area contributed by atoms with Crippen LogP contribution in [-0.4, -0.2) is 40.8 Å². The van der Waals surface area contributed by atoms with E-state index in [1.54, 1.807) is 12.1 Å². The normalized spacial score (nSPS) is 10.7. The molecule has 1 aromatic heterocycles. The molecule has 4 N–H and O–H groups in total. The van der Waals surface area contributed by atoms with Gasteiger partial charge in [0.15, 0.2) is 11.5 Å². The summed E-state index contributed by atoms with van der Waals surface area (Å²) in [6.45, 7) is 2.57. The summed E-state index contributed by atoms with van der Waals surface area (Å²) in [5.41, 5.74) is 0.0167. The number of ether oxygens (including phenoxy) is 2. The molecule has 174 valence electrons. The Balaban J connectivity index is 1.82. The Morgan fingerprint density at radius 2 is 1.88 bits per heavy atom. The van der Waals surface area contributed by atoms with Gasteiger partial charge in [0.1, 0.15) is 16.9 Å². The zero-order valence-electron chi connectivity index (χ0n) is 18.4. The average Bonchev–Trinajstić information content (AvgIpc) is 2.79. The van der Waals surface area contributed by atoms with Crippen LogP contribution in [0.4, 0.5) is 0 Å². The van der Waals surface area contributed by atoms with Gasteiger partial charge >= 0.3 is 5.97 Å².